The third kappa shape index (κ3) is 10.9. The number of amides is 3. The summed E-state index contributed by atoms with van der Waals surface area (Å²) in [6.45, 7) is 8.26. The molecule has 9 unspecified atom stereocenters. The van der Waals surface area contributed by atoms with E-state index < -0.39 is 97.1 Å². The molecule has 3 aromatic rings. The number of nitrogens with zero attached hydrogens (tertiary/aromatic N) is 1. The van der Waals surface area contributed by atoms with Crippen molar-refractivity contribution in [2.75, 3.05) is 7.05 Å². The van der Waals surface area contributed by atoms with Gasteiger partial charge in [-0.2, -0.15) is 0 Å². The minimum Gasteiger partial charge on any atom is -0.455 e. The smallest absolute Gasteiger partial charge is 0.410 e. The lowest BCUT2D eigenvalue weighted by Crippen LogP contribution is -2.67. The van der Waals surface area contributed by atoms with E-state index in [1.54, 1.807) is 37.4 Å². The summed E-state index contributed by atoms with van der Waals surface area (Å²) in [7, 11) is 1.64. The first-order valence-electron chi connectivity index (χ1n) is 22.9. The Balaban J connectivity index is 1.03. The molecular weight excluding hydrogens is 874 g/mol. The molecule has 1 aliphatic carbocycles. The summed E-state index contributed by atoms with van der Waals surface area (Å²) in [4.78, 5) is 55.4. The summed E-state index contributed by atoms with van der Waals surface area (Å²) >= 11 is 7.40. The van der Waals surface area contributed by atoms with Gasteiger partial charge in [0.05, 0.1) is 29.9 Å². The van der Waals surface area contributed by atoms with Gasteiger partial charge in [-0.05, 0) is 54.9 Å². The molecule has 16 nitrogen and oxygen atoms in total. The summed E-state index contributed by atoms with van der Waals surface area (Å²) in [5.74, 6) is -0.557. The Morgan fingerprint density at radius 2 is 1.24 bits per heavy atom. The SMILES string of the molecule is CCC1O[C@H](OC2O[C@H]3CC(C)[C@@H](O[C@@H]4C(NC(=O)OCc5ccccc5)C[C@@H](NC(=O)OCc5ccccc5)C(OC(=O)c5ccccc5)[C@H]4Cl)OC3C3OC(=O)N(C)C23)C(C)C[C@@H]1C. The van der Waals surface area contributed by atoms with Crippen molar-refractivity contribution in [3.8, 4) is 0 Å². The van der Waals surface area contributed by atoms with Gasteiger partial charge in [0.1, 0.15) is 42.9 Å². The van der Waals surface area contributed by atoms with E-state index in [0.29, 0.717) is 12.3 Å². The van der Waals surface area contributed by atoms with Crippen LogP contribution in [0.2, 0.25) is 0 Å². The van der Waals surface area contributed by atoms with E-state index in [1.165, 1.54) is 4.90 Å². The molecular formula is C49H60ClN3O13. The quantitative estimate of drug-likeness (QED) is 0.0992. The van der Waals surface area contributed by atoms with E-state index in [9.17, 15) is 19.2 Å². The molecule has 0 spiro atoms. The maximum atomic E-state index is 13.7. The topological polar surface area (TPSA) is 179 Å². The van der Waals surface area contributed by atoms with Gasteiger partial charge in [-0.1, -0.05) is 107 Å². The van der Waals surface area contributed by atoms with Crippen molar-refractivity contribution >= 4 is 35.8 Å². The normalized spacial score (nSPS) is 35.1. The Morgan fingerprint density at radius 1 is 0.682 bits per heavy atom. The minimum atomic E-state index is -1.19. The predicted molar refractivity (Wildman–Crippen MR) is 238 cm³/mol. The van der Waals surface area contributed by atoms with Crippen LogP contribution in [0.25, 0.3) is 0 Å². The van der Waals surface area contributed by atoms with Crippen LogP contribution in [-0.2, 0) is 55.8 Å². The van der Waals surface area contributed by atoms with Gasteiger partial charge < -0.3 is 53.3 Å². The number of esters is 1. The lowest BCUT2D eigenvalue weighted by molar-refractivity contribution is -0.365. The van der Waals surface area contributed by atoms with Crippen molar-refractivity contribution < 1.29 is 61.8 Å². The second-order valence-corrected chi connectivity index (χ2v) is 18.6. The fraction of sp³-hybridized carbons (Fsp3) is 0.551. The van der Waals surface area contributed by atoms with E-state index in [4.69, 9.17) is 54.2 Å². The van der Waals surface area contributed by atoms with Crippen LogP contribution in [0.3, 0.4) is 0 Å². The number of fused-ring (bicyclic) bond motifs is 3. The zero-order valence-corrected chi connectivity index (χ0v) is 38.5. The maximum absolute atomic E-state index is 13.7. The monoisotopic (exact) mass is 933 g/mol. The van der Waals surface area contributed by atoms with Gasteiger partial charge in [0.25, 0.3) is 0 Å². The van der Waals surface area contributed by atoms with E-state index >= 15 is 0 Å². The molecule has 4 aliphatic heterocycles. The van der Waals surface area contributed by atoms with Crippen molar-refractivity contribution in [1.82, 2.24) is 15.5 Å². The van der Waals surface area contributed by atoms with Crippen LogP contribution >= 0.6 is 11.6 Å². The first-order valence-corrected chi connectivity index (χ1v) is 23.4. The zero-order valence-electron chi connectivity index (χ0n) is 37.8. The summed E-state index contributed by atoms with van der Waals surface area (Å²) in [5, 5.41) is 4.57. The van der Waals surface area contributed by atoms with Crippen LogP contribution in [0.15, 0.2) is 91.0 Å². The average Bonchev–Trinajstić information content (AvgIpc) is 3.62. The molecule has 0 bridgehead atoms. The number of carbonyl (C=O) groups excluding carboxylic acids is 4. The molecule has 4 saturated heterocycles. The standard InChI is InChI=1S/C49H60ClN3O13/c1-6-35-27(2)22-28(3)44(60-35)66-46-38-42(65-49(57)53(38)5)41-36(61-46)23-29(4)45(64-41)63-40-34(52-48(56)59-26-31-18-12-8-13-19-31)24-33(51-47(55)58-25-30-16-10-7-11-17-30)39(37(40)50)62-43(54)32-20-14-9-15-21-32/h7-21,27-29,33-42,44-46H,6,22-26H2,1-5H3,(H,51,55)(H,52,56)/t27-,28?,29?,33+,34?,35?,36-,37+,38?,39?,40+,41?,42?,44+,45-,46?/m0/s1. The molecule has 0 radical (unpaired) electrons. The Labute approximate surface area is 390 Å². The van der Waals surface area contributed by atoms with Gasteiger partial charge in [0.2, 0.25) is 0 Å². The number of halogens is 1. The number of ether oxygens (including phenoxy) is 9. The van der Waals surface area contributed by atoms with Crippen molar-refractivity contribution in [3.63, 3.8) is 0 Å². The lowest BCUT2D eigenvalue weighted by Gasteiger charge is -2.51. The Kier molecular flexibility index (Phi) is 15.4. The van der Waals surface area contributed by atoms with E-state index in [1.807, 2.05) is 67.6 Å². The van der Waals surface area contributed by atoms with E-state index in [2.05, 4.69) is 31.4 Å². The number of carbonyl (C=O) groups is 4. The first-order chi connectivity index (χ1) is 31.9. The number of benzene rings is 3. The van der Waals surface area contributed by atoms with Crippen LogP contribution < -0.4 is 10.6 Å². The summed E-state index contributed by atoms with van der Waals surface area (Å²) in [6.07, 6.45) is -6.70. The molecule has 8 rings (SSSR count). The highest BCUT2D eigenvalue weighted by atomic mass is 35.5. The van der Waals surface area contributed by atoms with Crippen LogP contribution in [0.4, 0.5) is 14.4 Å². The van der Waals surface area contributed by atoms with Gasteiger partial charge in [0, 0.05) is 18.9 Å². The third-order valence-electron chi connectivity index (χ3n) is 13.3. The number of hydrogen-bond donors (Lipinski definition) is 2. The largest absolute Gasteiger partial charge is 0.455 e. The Bertz CT molecular complexity index is 2110. The van der Waals surface area contributed by atoms with Crippen molar-refractivity contribution in [1.29, 1.82) is 0 Å². The highest BCUT2D eigenvalue weighted by molar-refractivity contribution is 6.21. The van der Waals surface area contributed by atoms with Gasteiger partial charge >= 0.3 is 24.2 Å². The second kappa shape index (κ2) is 21.3. The number of nitrogens with one attached hydrogen (secondary N) is 2. The number of rotatable bonds is 13. The first kappa shape index (κ1) is 47.5. The molecule has 356 valence electrons. The average molecular weight is 934 g/mol. The van der Waals surface area contributed by atoms with Crippen LogP contribution in [0.1, 0.15) is 74.9 Å². The van der Waals surface area contributed by atoms with Crippen molar-refractivity contribution in [2.24, 2.45) is 17.8 Å². The van der Waals surface area contributed by atoms with Crippen LogP contribution in [-0.4, -0.2) is 115 Å². The van der Waals surface area contributed by atoms with E-state index in [0.717, 1.165) is 24.0 Å². The van der Waals surface area contributed by atoms with Crippen LogP contribution in [0.5, 0.6) is 0 Å². The molecule has 17 heteroatoms. The molecule has 3 amide bonds. The molecule has 3 aromatic carbocycles. The molecule has 16 atom stereocenters. The molecule has 0 aromatic heterocycles. The number of alkyl carbamates (subject to hydrolysis) is 2. The Hall–Kier alpha value is -4.97. The third-order valence-corrected chi connectivity index (χ3v) is 13.8. The molecule has 66 heavy (non-hydrogen) atoms. The fourth-order valence-electron chi connectivity index (χ4n) is 9.76. The van der Waals surface area contributed by atoms with E-state index in [-0.39, 0.29) is 43.1 Å². The molecule has 5 fully saturated rings. The summed E-state index contributed by atoms with van der Waals surface area (Å²) in [5.41, 5.74) is 1.80. The summed E-state index contributed by atoms with van der Waals surface area (Å²) < 4.78 is 56.6. The maximum Gasteiger partial charge on any atom is 0.410 e. The van der Waals surface area contributed by atoms with Crippen molar-refractivity contribution in [2.45, 2.75) is 146 Å². The Morgan fingerprint density at radius 3 is 1.85 bits per heavy atom. The number of alkyl halides is 1. The van der Waals surface area contributed by atoms with Gasteiger partial charge in [0.15, 0.2) is 25.0 Å². The lowest BCUT2D eigenvalue weighted by atomic mass is 9.84. The minimum absolute atomic E-state index is 0.0175. The number of hydrogen-bond acceptors (Lipinski definition) is 13. The summed E-state index contributed by atoms with van der Waals surface area (Å²) in [6, 6.07) is 24.2. The fourth-order valence-corrected chi connectivity index (χ4v) is 10.2. The van der Waals surface area contributed by atoms with Gasteiger partial charge in [-0.3, -0.25) is 4.90 Å². The molecule has 2 N–H and O–H groups in total. The molecule has 1 saturated carbocycles. The zero-order chi connectivity index (χ0) is 46.5. The highest BCUT2D eigenvalue weighted by Crippen LogP contribution is 2.43. The highest BCUT2D eigenvalue weighted by Gasteiger charge is 2.60. The van der Waals surface area contributed by atoms with Crippen LogP contribution in [0, 0.1) is 17.8 Å². The predicted octanol–water partition coefficient (Wildman–Crippen LogP) is 7.31. The second-order valence-electron chi connectivity index (χ2n) is 18.1. The number of likely N-dealkylation sites (N-methyl/N-ethyl adjacent to an activating group) is 1. The molecule has 5 aliphatic rings. The van der Waals surface area contributed by atoms with Crippen molar-refractivity contribution in [3.05, 3.63) is 108 Å². The van der Waals surface area contributed by atoms with Gasteiger partial charge in [-0.25, -0.2) is 19.2 Å². The van der Waals surface area contributed by atoms with Gasteiger partial charge in [-0.15, -0.1) is 11.6 Å². The molecule has 4 heterocycles.